The SMILES string of the molecule is C=C(C(=O)O)C1CC/C(CN)=C\CCC(C)C(O)C1. The third-order valence-corrected chi connectivity index (χ3v) is 4.08. The van der Waals surface area contributed by atoms with E-state index in [1.54, 1.807) is 0 Å². The number of carbonyl (C=O) groups is 1. The van der Waals surface area contributed by atoms with Gasteiger partial charge in [-0.3, -0.25) is 0 Å². The van der Waals surface area contributed by atoms with Crippen molar-refractivity contribution in [3.8, 4) is 0 Å². The number of carboxylic acid groups (broad SMARTS) is 1. The Bertz CT molecular complexity index is 362. The minimum absolute atomic E-state index is 0.164. The van der Waals surface area contributed by atoms with Crippen LogP contribution in [0.4, 0.5) is 0 Å². The second kappa shape index (κ2) is 7.46. The summed E-state index contributed by atoms with van der Waals surface area (Å²) >= 11 is 0. The minimum Gasteiger partial charge on any atom is -0.478 e. The van der Waals surface area contributed by atoms with Gasteiger partial charge < -0.3 is 15.9 Å². The molecule has 0 saturated heterocycles. The van der Waals surface area contributed by atoms with E-state index < -0.39 is 12.1 Å². The number of hydrogen-bond donors (Lipinski definition) is 3. The molecule has 4 nitrogen and oxygen atoms in total. The largest absolute Gasteiger partial charge is 0.478 e. The summed E-state index contributed by atoms with van der Waals surface area (Å²) in [6.07, 6.45) is 5.45. The van der Waals surface area contributed by atoms with Crippen LogP contribution < -0.4 is 5.73 Å². The van der Waals surface area contributed by atoms with Crippen LogP contribution in [0.3, 0.4) is 0 Å². The van der Waals surface area contributed by atoms with Gasteiger partial charge in [0.15, 0.2) is 0 Å². The fourth-order valence-electron chi connectivity index (χ4n) is 2.52. The molecule has 3 atom stereocenters. The van der Waals surface area contributed by atoms with Crippen LogP contribution >= 0.6 is 0 Å². The molecule has 0 spiro atoms. The van der Waals surface area contributed by atoms with Crippen LogP contribution in [0.1, 0.15) is 39.0 Å². The van der Waals surface area contributed by atoms with Gasteiger partial charge >= 0.3 is 5.97 Å². The second-order valence-corrected chi connectivity index (χ2v) is 5.49. The Hall–Kier alpha value is -1.13. The molecular weight excluding hydrogens is 242 g/mol. The Morgan fingerprint density at radius 3 is 2.79 bits per heavy atom. The van der Waals surface area contributed by atoms with Gasteiger partial charge in [-0.2, -0.15) is 0 Å². The summed E-state index contributed by atoms with van der Waals surface area (Å²) < 4.78 is 0. The summed E-state index contributed by atoms with van der Waals surface area (Å²) in [5.41, 5.74) is 7.07. The van der Waals surface area contributed by atoms with Gasteiger partial charge in [-0.1, -0.05) is 25.2 Å². The zero-order chi connectivity index (χ0) is 14.4. The lowest BCUT2D eigenvalue weighted by atomic mass is 9.82. The first-order valence-corrected chi connectivity index (χ1v) is 6.93. The Morgan fingerprint density at radius 1 is 1.53 bits per heavy atom. The third-order valence-electron chi connectivity index (χ3n) is 4.08. The Balaban J connectivity index is 2.84. The smallest absolute Gasteiger partial charge is 0.331 e. The number of aliphatic hydroxyl groups is 1. The second-order valence-electron chi connectivity index (χ2n) is 5.49. The van der Waals surface area contributed by atoms with Crippen molar-refractivity contribution in [3.05, 3.63) is 23.8 Å². The van der Waals surface area contributed by atoms with Crippen molar-refractivity contribution in [3.63, 3.8) is 0 Å². The number of aliphatic hydroxyl groups excluding tert-OH is 1. The molecule has 0 aromatic carbocycles. The summed E-state index contributed by atoms with van der Waals surface area (Å²) in [4.78, 5) is 11.1. The molecule has 1 aliphatic rings. The highest BCUT2D eigenvalue weighted by molar-refractivity contribution is 5.86. The van der Waals surface area contributed by atoms with E-state index in [9.17, 15) is 9.90 Å². The van der Waals surface area contributed by atoms with Gasteiger partial charge in [0.1, 0.15) is 0 Å². The zero-order valence-electron chi connectivity index (χ0n) is 11.6. The highest BCUT2D eigenvalue weighted by Gasteiger charge is 2.25. The van der Waals surface area contributed by atoms with Crippen molar-refractivity contribution in [2.24, 2.45) is 17.6 Å². The molecule has 0 fully saturated rings. The summed E-state index contributed by atoms with van der Waals surface area (Å²) in [5.74, 6) is -0.986. The van der Waals surface area contributed by atoms with E-state index in [4.69, 9.17) is 10.8 Å². The molecule has 0 aromatic heterocycles. The van der Waals surface area contributed by atoms with E-state index >= 15 is 0 Å². The van der Waals surface area contributed by atoms with Crippen LogP contribution in [0.2, 0.25) is 0 Å². The first-order chi connectivity index (χ1) is 8.95. The number of rotatable bonds is 3. The first kappa shape index (κ1) is 15.9. The van der Waals surface area contributed by atoms with Crippen molar-refractivity contribution in [1.29, 1.82) is 0 Å². The van der Waals surface area contributed by atoms with Crippen molar-refractivity contribution < 1.29 is 15.0 Å². The van der Waals surface area contributed by atoms with E-state index in [-0.39, 0.29) is 17.4 Å². The molecule has 4 heteroatoms. The molecule has 108 valence electrons. The first-order valence-electron chi connectivity index (χ1n) is 6.93. The molecule has 0 bridgehead atoms. The van der Waals surface area contributed by atoms with E-state index in [1.807, 2.05) is 6.92 Å². The normalized spacial score (nSPS) is 32.2. The number of allylic oxidation sites excluding steroid dienone is 1. The monoisotopic (exact) mass is 267 g/mol. The molecule has 3 unspecified atom stereocenters. The number of aliphatic carboxylic acids is 1. The van der Waals surface area contributed by atoms with E-state index in [0.717, 1.165) is 19.3 Å². The number of nitrogens with two attached hydrogens (primary N) is 1. The standard InChI is InChI=1S/C15H25NO3/c1-10-4-3-5-12(9-16)6-7-13(8-14(10)17)11(2)15(18)19/h5,10,13-14,17H,2-4,6-9,16H2,1H3,(H,18,19)/b12-5+. The average Bonchev–Trinajstić information content (AvgIpc) is 2.38. The van der Waals surface area contributed by atoms with Crippen LogP contribution in [0.25, 0.3) is 0 Å². The van der Waals surface area contributed by atoms with Crippen LogP contribution in [-0.2, 0) is 4.79 Å². The molecule has 0 aliphatic heterocycles. The molecule has 0 heterocycles. The summed E-state index contributed by atoms with van der Waals surface area (Å²) in [5, 5.41) is 19.2. The van der Waals surface area contributed by atoms with E-state index in [1.165, 1.54) is 5.57 Å². The van der Waals surface area contributed by atoms with Crippen molar-refractivity contribution in [2.75, 3.05) is 6.54 Å². The Morgan fingerprint density at radius 2 is 2.21 bits per heavy atom. The van der Waals surface area contributed by atoms with Gasteiger partial charge in [-0.15, -0.1) is 0 Å². The lowest BCUT2D eigenvalue weighted by Crippen LogP contribution is -2.25. The van der Waals surface area contributed by atoms with Gasteiger partial charge in [0.2, 0.25) is 0 Å². The lowest BCUT2D eigenvalue weighted by Gasteiger charge is -2.26. The van der Waals surface area contributed by atoms with Crippen molar-refractivity contribution >= 4 is 5.97 Å². The van der Waals surface area contributed by atoms with Gasteiger partial charge in [0.25, 0.3) is 0 Å². The van der Waals surface area contributed by atoms with Crippen LogP contribution in [0.15, 0.2) is 23.8 Å². The third kappa shape index (κ3) is 4.80. The van der Waals surface area contributed by atoms with Crippen LogP contribution in [0.5, 0.6) is 0 Å². The quantitative estimate of drug-likeness (QED) is 0.540. The highest BCUT2D eigenvalue weighted by atomic mass is 16.4. The Kier molecular flexibility index (Phi) is 6.25. The van der Waals surface area contributed by atoms with E-state index in [0.29, 0.717) is 19.4 Å². The van der Waals surface area contributed by atoms with E-state index in [2.05, 4.69) is 12.7 Å². The lowest BCUT2D eigenvalue weighted by molar-refractivity contribution is -0.133. The topological polar surface area (TPSA) is 83.5 Å². The zero-order valence-corrected chi connectivity index (χ0v) is 11.6. The van der Waals surface area contributed by atoms with Crippen LogP contribution in [0, 0.1) is 11.8 Å². The molecule has 0 radical (unpaired) electrons. The number of carboxylic acids is 1. The molecule has 4 N–H and O–H groups in total. The fourth-order valence-corrected chi connectivity index (χ4v) is 2.52. The van der Waals surface area contributed by atoms with Gasteiger partial charge in [0, 0.05) is 12.1 Å². The van der Waals surface area contributed by atoms with Crippen molar-refractivity contribution in [1.82, 2.24) is 0 Å². The summed E-state index contributed by atoms with van der Waals surface area (Å²) in [6, 6.07) is 0. The molecule has 0 amide bonds. The molecular formula is C15H25NO3. The molecule has 1 rings (SSSR count). The average molecular weight is 267 g/mol. The van der Waals surface area contributed by atoms with Gasteiger partial charge in [-0.05, 0) is 43.9 Å². The predicted octanol–water partition coefficient (Wildman–Crippen LogP) is 2.09. The van der Waals surface area contributed by atoms with Crippen molar-refractivity contribution in [2.45, 2.75) is 45.1 Å². The van der Waals surface area contributed by atoms with Gasteiger partial charge in [0.05, 0.1) is 6.10 Å². The Labute approximate surface area is 115 Å². The maximum Gasteiger partial charge on any atom is 0.331 e. The predicted molar refractivity (Wildman–Crippen MR) is 75.7 cm³/mol. The van der Waals surface area contributed by atoms with Gasteiger partial charge in [-0.25, -0.2) is 4.79 Å². The maximum absolute atomic E-state index is 11.1. The fraction of sp³-hybridized carbons (Fsp3) is 0.667. The molecule has 0 saturated carbocycles. The molecule has 1 aliphatic carbocycles. The number of hydrogen-bond acceptors (Lipinski definition) is 3. The maximum atomic E-state index is 11.1. The molecule has 19 heavy (non-hydrogen) atoms. The minimum atomic E-state index is -0.972. The van der Waals surface area contributed by atoms with Crippen LogP contribution in [-0.4, -0.2) is 28.8 Å². The highest BCUT2D eigenvalue weighted by Crippen LogP contribution is 2.29. The summed E-state index contributed by atoms with van der Waals surface area (Å²) in [7, 11) is 0. The summed E-state index contributed by atoms with van der Waals surface area (Å²) in [6.45, 7) is 6.17. The molecule has 0 aromatic rings.